The average Bonchev–Trinajstić information content (AvgIpc) is 2.21. The zero-order chi connectivity index (χ0) is 13.4. The monoisotopic (exact) mass is 244 g/mol. The smallest absolute Gasteiger partial charge is 0.302 e. The van der Waals surface area contributed by atoms with Crippen LogP contribution in [0.3, 0.4) is 0 Å². The van der Waals surface area contributed by atoms with E-state index in [1.54, 1.807) is 0 Å². The Kier molecular flexibility index (Phi) is 3.89. The molecule has 0 aromatic heterocycles. The van der Waals surface area contributed by atoms with Crippen LogP contribution >= 0.6 is 0 Å². The predicted octanol–water partition coefficient (Wildman–Crippen LogP) is 1.34. The van der Waals surface area contributed by atoms with Crippen LogP contribution in [0.15, 0.2) is 0 Å². The highest BCUT2D eigenvalue weighted by molar-refractivity contribution is 5.66. The van der Waals surface area contributed by atoms with E-state index in [4.69, 9.17) is 4.74 Å². The Morgan fingerprint density at radius 3 is 2.35 bits per heavy atom. The topological polar surface area (TPSA) is 66.8 Å². The van der Waals surface area contributed by atoms with E-state index in [1.807, 2.05) is 27.7 Å². The van der Waals surface area contributed by atoms with Gasteiger partial charge in [0, 0.05) is 23.7 Å². The number of hydrogen-bond donors (Lipinski definition) is 2. The molecule has 0 saturated heterocycles. The first-order valence-corrected chi connectivity index (χ1v) is 6.10. The summed E-state index contributed by atoms with van der Waals surface area (Å²) in [6.07, 6.45) is -0.348. The van der Waals surface area contributed by atoms with E-state index in [-0.39, 0.29) is 30.0 Å². The van der Waals surface area contributed by atoms with Gasteiger partial charge < -0.3 is 14.9 Å². The van der Waals surface area contributed by atoms with Crippen molar-refractivity contribution in [2.45, 2.75) is 53.2 Å². The van der Waals surface area contributed by atoms with E-state index in [1.165, 1.54) is 6.92 Å². The van der Waals surface area contributed by atoms with Gasteiger partial charge in [0.2, 0.25) is 0 Å². The van der Waals surface area contributed by atoms with E-state index in [0.29, 0.717) is 6.42 Å². The first kappa shape index (κ1) is 14.5. The van der Waals surface area contributed by atoms with Crippen molar-refractivity contribution in [1.29, 1.82) is 0 Å². The fourth-order valence-electron chi connectivity index (χ4n) is 3.35. The molecule has 100 valence electrons. The molecule has 0 radical (unpaired) electrons. The molecule has 1 rings (SSSR count). The van der Waals surface area contributed by atoms with Crippen molar-refractivity contribution < 1.29 is 19.7 Å². The second-order valence-electron chi connectivity index (χ2n) is 6.31. The molecule has 1 aliphatic carbocycles. The lowest BCUT2D eigenvalue weighted by Gasteiger charge is -2.52. The number of aliphatic hydroxyl groups excluding tert-OH is 2. The minimum atomic E-state index is -0.662. The molecule has 0 bridgehead atoms. The number of rotatable bonds is 2. The molecule has 1 fully saturated rings. The molecule has 4 heteroatoms. The van der Waals surface area contributed by atoms with Crippen molar-refractivity contribution in [2.75, 3.05) is 6.61 Å². The largest absolute Gasteiger partial charge is 0.462 e. The first-order chi connectivity index (χ1) is 7.64. The third-order valence-electron chi connectivity index (χ3n) is 3.97. The van der Waals surface area contributed by atoms with Gasteiger partial charge in [0.05, 0.1) is 12.7 Å². The molecule has 1 aliphatic rings. The van der Waals surface area contributed by atoms with Crippen LogP contribution in [0.5, 0.6) is 0 Å². The van der Waals surface area contributed by atoms with Gasteiger partial charge in [-0.05, 0) is 6.42 Å². The average molecular weight is 244 g/mol. The summed E-state index contributed by atoms with van der Waals surface area (Å²) in [5.74, 6) is -0.505. The second-order valence-corrected chi connectivity index (χ2v) is 6.31. The van der Waals surface area contributed by atoms with E-state index in [9.17, 15) is 15.0 Å². The van der Waals surface area contributed by atoms with Gasteiger partial charge in [0.1, 0.15) is 6.10 Å². The number of esters is 1. The zero-order valence-corrected chi connectivity index (χ0v) is 11.4. The van der Waals surface area contributed by atoms with Crippen LogP contribution in [-0.2, 0) is 9.53 Å². The van der Waals surface area contributed by atoms with Crippen molar-refractivity contribution in [3.63, 3.8) is 0 Å². The van der Waals surface area contributed by atoms with Gasteiger partial charge >= 0.3 is 5.97 Å². The maximum atomic E-state index is 11.1. The maximum absolute atomic E-state index is 11.1. The summed E-state index contributed by atoms with van der Waals surface area (Å²) in [5.41, 5.74) is -0.776. The van der Waals surface area contributed by atoms with Crippen LogP contribution < -0.4 is 0 Å². The molecule has 0 aromatic carbocycles. The van der Waals surface area contributed by atoms with Crippen LogP contribution in [0.4, 0.5) is 0 Å². The van der Waals surface area contributed by atoms with Crippen molar-refractivity contribution >= 4 is 5.97 Å². The van der Waals surface area contributed by atoms with Crippen molar-refractivity contribution in [3.8, 4) is 0 Å². The Hall–Kier alpha value is -0.610. The van der Waals surface area contributed by atoms with Gasteiger partial charge in [-0.2, -0.15) is 0 Å². The van der Waals surface area contributed by atoms with Crippen LogP contribution in [-0.4, -0.2) is 35.0 Å². The second kappa shape index (κ2) is 4.58. The van der Waals surface area contributed by atoms with Crippen molar-refractivity contribution in [1.82, 2.24) is 0 Å². The Morgan fingerprint density at radius 2 is 1.94 bits per heavy atom. The molecule has 0 amide bonds. The van der Waals surface area contributed by atoms with Gasteiger partial charge in [-0.15, -0.1) is 0 Å². The third-order valence-corrected chi connectivity index (χ3v) is 3.97. The molecule has 2 N–H and O–H groups in total. The third kappa shape index (κ3) is 2.63. The van der Waals surface area contributed by atoms with Crippen LogP contribution in [0.2, 0.25) is 0 Å². The van der Waals surface area contributed by atoms with E-state index in [2.05, 4.69) is 0 Å². The Labute approximate surface area is 103 Å². The summed E-state index contributed by atoms with van der Waals surface area (Å²) in [7, 11) is 0. The van der Waals surface area contributed by atoms with Gasteiger partial charge in [0.15, 0.2) is 0 Å². The fourth-order valence-corrected chi connectivity index (χ4v) is 3.35. The lowest BCUT2D eigenvalue weighted by Crippen LogP contribution is -2.57. The summed E-state index contributed by atoms with van der Waals surface area (Å²) >= 11 is 0. The molecule has 0 spiro atoms. The highest BCUT2D eigenvalue weighted by atomic mass is 16.5. The van der Waals surface area contributed by atoms with Gasteiger partial charge in [0.25, 0.3) is 0 Å². The molecule has 0 aliphatic heterocycles. The number of carbonyl (C=O) groups is 1. The number of aliphatic hydroxyl groups is 2. The molecule has 4 atom stereocenters. The summed E-state index contributed by atoms with van der Waals surface area (Å²) in [5, 5.41) is 19.7. The van der Waals surface area contributed by atoms with Crippen molar-refractivity contribution in [3.05, 3.63) is 0 Å². The number of carbonyl (C=O) groups excluding carboxylic acids is 1. The molecule has 0 aromatic rings. The summed E-state index contributed by atoms with van der Waals surface area (Å²) in [4.78, 5) is 11.1. The summed E-state index contributed by atoms with van der Waals surface area (Å²) < 4.78 is 5.35. The van der Waals surface area contributed by atoms with Crippen LogP contribution in [0, 0.1) is 16.7 Å². The van der Waals surface area contributed by atoms with E-state index >= 15 is 0 Å². The predicted molar refractivity (Wildman–Crippen MR) is 64.3 cm³/mol. The number of ether oxygens (including phenoxy) is 1. The molecular weight excluding hydrogens is 220 g/mol. The SMILES string of the molecule is CC(=O)OC1C(C)C(O)C(C)(CO)CC1(C)C. The van der Waals surface area contributed by atoms with Crippen LogP contribution in [0.25, 0.3) is 0 Å². The van der Waals surface area contributed by atoms with Gasteiger partial charge in [-0.1, -0.05) is 27.7 Å². The molecular formula is C13H24O4. The lowest BCUT2D eigenvalue weighted by molar-refractivity contribution is -0.191. The zero-order valence-electron chi connectivity index (χ0n) is 11.4. The van der Waals surface area contributed by atoms with Gasteiger partial charge in [-0.3, -0.25) is 4.79 Å². The Morgan fingerprint density at radius 1 is 1.41 bits per heavy atom. The van der Waals surface area contributed by atoms with E-state index < -0.39 is 11.5 Å². The fraction of sp³-hybridized carbons (Fsp3) is 0.923. The first-order valence-electron chi connectivity index (χ1n) is 6.10. The summed E-state index contributed by atoms with van der Waals surface area (Å²) in [6, 6.07) is 0. The molecule has 4 nitrogen and oxygen atoms in total. The highest BCUT2D eigenvalue weighted by Gasteiger charge is 2.53. The normalized spacial score (nSPS) is 41.0. The minimum Gasteiger partial charge on any atom is -0.462 e. The highest BCUT2D eigenvalue weighted by Crippen LogP contribution is 2.49. The van der Waals surface area contributed by atoms with Crippen molar-refractivity contribution in [2.24, 2.45) is 16.7 Å². The molecule has 4 unspecified atom stereocenters. The number of hydrogen-bond acceptors (Lipinski definition) is 4. The Balaban J connectivity index is 3.00. The quantitative estimate of drug-likeness (QED) is 0.719. The molecule has 1 saturated carbocycles. The van der Waals surface area contributed by atoms with Gasteiger partial charge in [-0.25, -0.2) is 0 Å². The maximum Gasteiger partial charge on any atom is 0.302 e. The molecule has 0 heterocycles. The summed E-state index contributed by atoms with van der Waals surface area (Å²) in [6.45, 7) is 9.09. The standard InChI is InChI=1S/C13H24O4/c1-8-10(16)13(5,7-14)6-12(3,4)11(8)17-9(2)15/h8,10-11,14,16H,6-7H2,1-5H3. The minimum absolute atomic E-state index is 0.0608. The van der Waals surface area contributed by atoms with Crippen LogP contribution in [0.1, 0.15) is 41.0 Å². The lowest BCUT2D eigenvalue weighted by atomic mass is 9.58. The van der Waals surface area contributed by atoms with E-state index in [0.717, 1.165) is 0 Å². The Bertz CT molecular complexity index is 300. The molecule has 17 heavy (non-hydrogen) atoms.